The lowest BCUT2D eigenvalue weighted by atomic mass is 10.1. The molecule has 0 bridgehead atoms. The minimum absolute atomic E-state index is 0.0398. The van der Waals surface area contributed by atoms with Crippen molar-refractivity contribution in [2.24, 2.45) is 5.92 Å². The van der Waals surface area contributed by atoms with Crippen molar-refractivity contribution < 1.29 is 9.90 Å². The maximum atomic E-state index is 12.4. The second-order valence-corrected chi connectivity index (χ2v) is 6.47. The Morgan fingerprint density at radius 3 is 2.58 bits per heavy atom. The Bertz CT molecular complexity index is 520. The van der Waals surface area contributed by atoms with Gasteiger partial charge in [-0.25, -0.2) is 4.79 Å². The fourth-order valence-electron chi connectivity index (χ4n) is 2.93. The smallest absolute Gasteiger partial charge is 0.327 e. The third-order valence-corrected chi connectivity index (χ3v) is 4.48. The van der Waals surface area contributed by atoms with Crippen molar-refractivity contribution in [3.63, 3.8) is 0 Å². The fourth-order valence-corrected chi connectivity index (χ4v) is 3.41. The molecule has 3 atom stereocenters. The van der Waals surface area contributed by atoms with E-state index in [1.807, 2.05) is 24.3 Å². The van der Waals surface area contributed by atoms with Gasteiger partial charge in [0.1, 0.15) is 0 Å². The standard InChI is InChI=1S/C14H17BrN2O2/c1-8(2)7-11-12-13(18)17(14(19)16(11)12)10-6-4-3-5-9(10)15/h3-6,8,11-13,18H,7H2,1-2H3/t11-,12+,13+,16?/m0/s1. The molecule has 0 aliphatic carbocycles. The summed E-state index contributed by atoms with van der Waals surface area (Å²) >= 11 is 3.43. The molecule has 0 unspecified atom stereocenters. The number of hydrogen-bond donors (Lipinski definition) is 1. The van der Waals surface area contributed by atoms with Gasteiger partial charge < -0.3 is 10.0 Å². The van der Waals surface area contributed by atoms with E-state index in [-0.39, 0.29) is 18.1 Å². The highest BCUT2D eigenvalue weighted by Crippen LogP contribution is 2.46. The number of nitrogens with zero attached hydrogens (tertiary/aromatic N) is 2. The van der Waals surface area contributed by atoms with Crippen LogP contribution in [0, 0.1) is 5.92 Å². The van der Waals surface area contributed by atoms with Gasteiger partial charge in [0, 0.05) is 4.47 Å². The van der Waals surface area contributed by atoms with Crippen LogP contribution in [0.1, 0.15) is 20.3 Å². The van der Waals surface area contributed by atoms with Gasteiger partial charge >= 0.3 is 6.03 Å². The summed E-state index contributed by atoms with van der Waals surface area (Å²) in [5.74, 6) is 0.535. The minimum atomic E-state index is -0.741. The highest BCUT2D eigenvalue weighted by atomic mass is 79.9. The maximum Gasteiger partial charge on any atom is 0.327 e. The number of halogens is 1. The van der Waals surface area contributed by atoms with E-state index in [1.165, 1.54) is 4.90 Å². The number of aliphatic hydroxyl groups is 1. The van der Waals surface area contributed by atoms with Crippen LogP contribution in [0.2, 0.25) is 0 Å². The molecule has 4 nitrogen and oxygen atoms in total. The molecular weight excluding hydrogens is 308 g/mol. The number of carbonyl (C=O) groups is 1. The lowest BCUT2D eigenvalue weighted by Crippen LogP contribution is -2.41. The number of rotatable bonds is 3. The lowest BCUT2D eigenvalue weighted by Gasteiger charge is -2.24. The quantitative estimate of drug-likeness (QED) is 0.869. The largest absolute Gasteiger partial charge is 0.371 e. The SMILES string of the molecule is CC(C)C[C@H]1[C@@H]2[C@@H](O)N(c3ccccc3Br)C(=O)N21. The molecule has 0 spiro atoms. The average Bonchev–Trinajstić information content (AvgIpc) is 2.97. The lowest BCUT2D eigenvalue weighted by molar-refractivity contribution is 0.178. The van der Waals surface area contributed by atoms with Crippen LogP contribution in [0.3, 0.4) is 0 Å². The number of para-hydroxylation sites is 1. The van der Waals surface area contributed by atoms with E-state index in [4.69, 9.17) is 0 Å². The average molecular weight is 325 g/mol. The molecule has 1 aromatic rings. The minimum Gasteiger partial charge on any atom is -0.371 e. The first-order chi connectivity index (χ1) is 9.02. The van der Waals surface area contributed by atoms with Crippen molar-refractivity contribution >= 4 is 27.6 Å². The maximum absolute atomic E-state index is 12.4. The topological polar surface area (TPSA) is 43.5 Å². The van der Waals surface area contributed by atoms with Crippen LogP contribution in [-0.2, 0) is 0 Å². The fraction of sp³-hybridized carbons (Fsp3) is 0.500. The summed E-state index contributed by atoms with van der Waals surface area (Å²) in [5, 5.41) is 10.4. The number of amides is 2. The zero-order valence-electron chi connectivity index (χ0n) is 11.0. The van der Waals surface area contributed by atoms with Gasteiger partial charge in [0.15, 0.2) is 6.23 Å². The predicted molar refractivity (Wildman–Crippen MR) is 76.9 cm³/mol. The van der Waals surface area contributed by atoms with Crippen LogP contribution < -0.4 is 4.90 Å². The molecule has 0 saturated carbocycles. The number of benzene rings is 1. The summed E-state index contributed by atoms with van der Waals surface area (Å²) in [5.41, 5.74) is 0.732. The molecule has 19 heavy (non-hydrogen) atoms. The first-order valence-electron chi connectivity index (χ1n) is 6.56. The van der Waals surface area contributed by atoms with Crippen LogP contribution in [0.15, 0.2) is 28.7 Å². The zero-order valence-corrected chi connectivity index (χ0v) is 12.5. The molecule has 1 aromatic carbocycles. The van der Waals surface area contributed by atoms with E-state index in [2.05, 4.69) is 29.8 Å². The first-order valence-corrected chi connectivity index (χ1v) is 7.35. The molecule has 1 N–H and O–H groups in total. The van der Waals surface area contributed by atoms with Gasteiger partial charge in [-0.05, 0) is 40.4 Å². The van der Waals surface area contributed by atoms with E-state index < -0.39 is 6.23 Å². The van der Waals surface area contributed by atoms with Crippen LogP contribution in [0.5, 0.6) is 0 Å². The van der Waals surface area contributed by atoms with Gasteiger partial charge in [0.25, 0.3) is 0 Å². The van der Waals surface area contributed by atoms with Crippen LogP contribution >= 0.6 is 15.9 Å². The Balaban J connectivity index is 1.82. The van der Waals surface area contributed by atoms with Gasteiger partial charge in [0.2, 0.25) is 0 Å². The van der Waals surface area contributed by atoms with E-state index in [9.17, 15) is 9.90 Å². The monoisotopic (exact) mass is 324 g/mol. The zero-order chi connectivity index (χ0) is 13.7. The van der Waals surface area contributed by atoms with Gasteiger partial charge in [-0.2, -0.15) is 0 Å². The molecule has 2 aliphatic heterocycles. The highest BCUT2D eigenvalue weighted by molar-refractivity contribution is 9.10. The summed E-state index contributed by atoms with van der Waals surface area (Å²) in [6.45, 7) is 4.27. The molecular formula is C14H17BrN2O2. The third kappa shape index (κ3) is 1.96. The second-order valence-electron chi connectivity index (χ2n) is 5.61. The van der Waals surface area contributed by atoms with E-state index >= 15 is 0 Å². The van der Waals surface area contributed by atoms with Crippen molar-refractivity contribution in [3.8, 4) is 0 Å². The highest BCUT2D eigenvalue weighted by Gasteiger charge is 2.64. The van der Waals surface area contributed by atoms with Crippen molar-refractivity contribution in [1.82, 2.24) is 4.90 Å². The Morgan fingerprint density at radius 1 is 1.37 bits per heavy atom. The molecule has 102 valence electrons. The second kappa shape index (κ2) is 4.49. The van der Waals surface area contributed by atoms with E-state index in [0.29, 0.717) is 5.92 Å². The number of anilines is 1. The number of aliphatic hydroxyl groups excluding tert-OH is 1. The normalized spacial score (nSPS) is 29.1. The summed E-state index contributed by atoms with van der Waals surface area (Å²) < 4.78 is 0.824. The Kier molecular flexibility index (Phi) is 3.06. The van der Waals surface area contributed by atoms with Crippen molar-refractivity contribution in [3.05, 3.63) is 28.7 Å². The summed E-state index contributed by atoms with van der Waals surface area (Å²) in [4.78, 5) is 15.6. The van der Waals surface area contributed by atoms with Crippen LogP contribution in [0.4, 0.5) is 10.5 Å². The molecule has 3 rings (SSSR count). The summed E-state index contributed by atoms with van der Waals surface area (Å²) in [6.07, 6.45) is 0.215. The molecule has 2 aliphatic rings. The van der Waals surface area contributed by atoms with Crippen LogP contribution in [0.25, 0.3) is 0 Å². The number of fused-ring (bicyclic) bond motifs is 1. The van der Waals surface area contributed by atoms with E-state index in [0.717, 1.165) is 16.6 Å². The third-order valence-electron chi connectivity index (χ3n) is 3.80. The van der Waals surface area contributed by atoms with Gasteiger partial charge in [-0.1, -0.05) is 26.0 Å². The van der Waals surface area contributed by atoms with Crippen molar-refractivity contribution in [2.45, 2.75) is 38.6 Å². The van der Waals surface area contributed by atoms with Gasteiger partial charge in [-0.3, -0.25) is 4.90 Å². The van der Waals surface area contributed by atoms with Gasteiger partial charge in [0.05, 0.1) is 17.8 Å². The first kappa shape index (κ1) is 12.9. The van der Waals surface area contributed by atoms with E-state index in [1.54, 1.807) is 4.90 Å². The molecule has 0 aromatic heterocycles. The summed E-state index contributed by atoms with van der Waals surface area (Å²) in [7, 11) is 0. The summed E-state index contributed by atoms with van der Waals surface area (Å²) in [6, 6.07) is 7.56. The molecule has 0 radical (unpaired) electrons. The Labute approximate surface area is 121 Å². The molecule has 5 heteroatoms. The molecule has 2 amide bonds. The molecule has 2 heterocycles. The Morgan fingerprint density at radius 2 is 2.05 bits per heavy atom. The number of urea groups is 1. The van der Waals surface area contributed by atoms with Crippen LogP contribution in [-0.4, -0.2) is 34.3 Å². The molecule has 2 saturated heterocycles. The van der Waals surface area contributed by atoms with Crippen molar-refractivity contribution in [2.75, 3.05) is 4.90 Å². The Hall–Kier alpha value is -1.07. The van der Waals surface area contributed by atoms with Gasteiger partial charge in [-0.15, -0.1) is 0 Å². The number of hydrogen-bond acceptors (Lipinski definition) is 2. The number of carbonyl (C=O) groups excluding carboxylic acids is 1. The predicted octanol–water partition coefficient (Wildman–Crippen LogP) is 2.81. The van der Waals surface area contributed by atoms with Crippen molar-refractivity contribution in [1.29, 1.82) is 0 Å². The molecule has 2 fully saturated rings.